The van der Waals surface area contributed by atoms with Crippen molar-refractivity contribution in [1.29, 1.82) is 0 Å². The Morgan fingerprint density at radius 2 is 1.57 bits per heavy atom. The first-order valence-electron chi connectivity index (χ1n) is 8.10. The van der Waals surface area contributed by atoms with E-state index in [-0.39, 0.29) is 5.78 Å². The standard InChI is InChI=1S/C20H22BrNO/c1-22(2)13-20(23)18-11-14-3-4-15-6-8-17(19(21)12-15)10-9-16(18)7-5-14/h5-8,11-12H,3-4,9-10,13H2,1-2H3. The third-order valence-electron chi connectivity index (χ3n) is 4.42. The van der Waals surface area contributed by atoms with Gasteiger partial charge < -0.3 is 4.90 Å². The molecule has 0 aliphatic heterocycles. The van der Waals surface area contributed by atoms with Gasteiger partial charge in [-0.15, -0.1) is 0 Å². The first-order valence-corrected chi connectivity index (χ1v) is 8.89. The summed E-state index contributed by atoms with van der Waals surface area (Å²) in [6.07, 6.45) is 3.81. The number of Topliss-reactive ketones (excluding diaryl/α,β-unsaturated/α-hetero) is 1. The summed E-state index contributed by atoms with van der Waals surface area (Å²) in [5.74, 6) is 0.219. The maximum Gasteiger partial charge on any atom is 0.177 e. The summed E-state index contributed by atoms with van der Waals surface area (Å²) in [5, 5.41) is 0. The van der Waals surface area contributed by atoms with Crippen LogP contribution in [-0.2, 0) is 25.7 Å². The normalized spacial score (nSPS) is 13.9. The van der Waals surface area contributed by atoms with E-state index in [1.807, 2.05) is 19.0 Å². The van der Waals surface area contributed by atoms with Gasteiger partial charge in [-0.1, -0.05) is 40.2 Å². The van der Waals surface area contributed by atoms with Crippen LogP contribution < -0.4 is 0 Å². The highest BCUT2D eigenvalue weighted by Gasteiger charge is 2.15. The van der Waals surface area contributed by atoms with Crippen molar-refractivity contribution in [2.24, 2.45) is 0 Å². The molecule has 0 aromatic heterocycles. The molecule has 0 fully saturated rings. The van der Waals surface area contributed by atoms with Gasteiger partial charge in [0, 0.05) is 10.0 Å². The molecule has 0 N–H and O–H groups in total. The lowest BCUT2D eigenvalue weighted by Gasteiger charge is -2.16. The highest BCUT2D eigenvalue weighted by atomic mass is 79.9. The number of likely N-dealkylation sites (N-methyl/N-ethyl adjacent to an activating group) is 1. The molecule has 3 heteroatoms. The molecule has 4 aliphatic carbocycles. The number of carbonyl (C=O) groups excluding carboxylic acids is 1. The maximum absolute atomic E-state index is 12.6. The fourth-order valence-corrected chi connectivity index (χ4v) is 3.76. The summed E-state index contributed by atoms with van der Waals surface area (Å²) in [6, 6.07) is 13.1. The second-order valence-electron chi connectivity index (χ2n) is 6.58. The third kappa shape index (κ3) is 3.91. The van der Waals surface area contributed by atoms with Gasteiger partial charge in [0.05, 0.1) is 6.54 Å². The number of hydrogen-bond donors (Lipinski definition) is 0. The monoisotopic (exact) mass is 371 g/mol. The number of hydrogen-bond acceptors (Lipinski definition) is 2. The third-order valence-corrected chi connectivity index (χ3v) is 5.16. The molecule has 2 aromatic rings. The number of halogens is 1. The van der Waals surface area contributed by atoms with Gasteiger partial charge in [0.15, 0.2) is 5.78 Å². The van der Waals surface area contributed by atoms with Gasteiger partial charge in [-0.2, -0.15) is 0 Å². The Morgan fingerprint density at radius 1 is 0.957 bits per heavy atom. The Bertz CT molecular complexity index is 736. The van der Waals surface area contributed by atoms with Crippen LogP contribution in [0.4, 0.5) is 0 Å². The quantitative estimate of drug-likeness (QED) is 0.757. The zero-order chi connectivity index (χ0) is 16.4. The van der Waals surface area contributed by atoms with E-state index >= 15 is 0 Å². The Hall–Kier alpha value is -1.45. The molecule has 0 heterocycles. The van der Waals surface area contributed by atoms with Gasteiger partial charge in [-0.25, -0.2) is 0 Å². The van der Waals surface area contributed by atoms with Crippen molar-refractivity contribution in [2.45, 2.75) is 25.7 Å². The van der Waals surface area contributed by atoms with Gasteiger partial charge in [0.25, 0.3) is 0 Å². The zero-order valence-electron chi connectivity index (χ0n) is 13.7. The number of carbonyl (C=O) groups is 1. The number of benzene rings is 2. The van der Waals surface area contributed by atoms with E-state index < -0.39 is 0 Å². The Labute approximate surface area is 146 Å². The van der Waals surface area contributed by atoms with E-state index in [1.165, 1.54) is 21.2 Å². The largest absolute Gasteiger partial charge is 0.302 e. The van der Waals surface area contributed by atoms with Gasteiger partial charge in [0.2, 0.25) is 0 Å². The van der Waals surface area contributed by atoms with E-state index in [4.69, 9.17) is 0 Å². The van der Waals surface area contributed by atoms with Crippen LogP contribution in [0.5, 0.6) is 0 Å². The van der Waals surface area contributed by atoms with Gasteiger partial charge in [0.1, 0.15) is 0 Å². The van der Waals surface area contributed by atoms with Crippen LogP contribution in [0.25, 0.3) is 0 Å². The second-order valence-corrected chi connectivity index (χ2v) is 7.43. The Balaban J connectivity index is 1.98. The Morgan fingerprint density at radius 3 is 2.22 bits per heavy atom. The molecule has 6 rings (SSSR count). The smallest absolute Gasteiger partial charge is 0.177 e. The molecule has 4 aliphatic rings. The van der Waals surface area contributed by atoms with Crippen molar-refractivity contribution in [2.75, 3.05) is 20.6 Å². The van der Waals surface area contributed by atoms with Gasteiger partial charge in [-0.3, -0.25) is 4.79 Å². The molecule has 0 atom stereocenters. The Kier molecular flexibility index (Phi) is 4.98. The summed E-state index contributed by atoms with van der Waals surface area (Å²) in [5.41, 5.74) is 5.96. The highest BCUT2D eigenvalue weighted by Crippen LogP contribution is 2.24. The molecule has 0 unspecified atom stereocenters. The molecule has 2 aromatic carbocycles. The first-order chi connectivity index (χ1) is 11.0. The van der Waals surface area contributed by atoms with Crippen LogP contribution in [0.1, 0.15) is 32.6 Å². The van der Waals surface area contributed by atoms with Crippen molar-refractivity contribution >= 4 is 21.7 Å². The van der Waals surface area contributed by atoms with E-state index in [9.17, 15) is 4.79 Å². The van der Waals surface area contributed by atoms with Crippen LogP contribution in [-0.4, -0.2) is 31.3 Å². The molecule has 2 nitrogen and oxygen atoms in total. The minimum absolute atomic E-state index is 0.219. The average Bonchev–Trinajstić information content (AvgIpc) is 2.49. The number of nitrogens with zero attached hydrogens (tertiary/aromatic N) is 1. The average molecular weight is 372 g/mol. The topological polar surface area (TPSA) is 20.3 Å². The van der Waals surface area contributed by atoms with E-state index in [0.717, 1.165) is 36.8 Å². The van der Waals surface area contributed by atoms with Gasteiger partial charge in [-0.05, 0) is 74.2 Å². The summed E-state index contributed by atoms with van der Waals surface area (Å²) < 4.78 is 1.19. The highest BCUT2D eigenvalue weighted by molar-refractivity contribution is 9.10. The molecule has 0 saturated heterocycles. The van der Waals surface area contributed by atoms with Crippen molar-refractivity contribution in [1.82, 2.24) is 4.90 Å². The second kappa shape index (κ2) is 6.98. The number of rotatable bonds is 3. The van der Waals surface area contributed by atoms with E-state index in [0.29, 0.717) is 6.54 Å². The molecule has 0 spiro atoms. The molecule has 23 heavy (non-hydrogen) atoms. The van der Waals surface area contributed by atoms with Crippen LogP contribution in [0.2, 0.25) is 0 Å². The molecular weight excluding hydrogens is 350 g/mol. The van der Waals surface area contributed by atoms with Crippen molar-refractivity contribution in [3.05, 3.63) is 68.7 Å². The van der Waals surface area contributed by atoms with Crippen molar-refractivity contribution in [3.8, 4) is 0 Å². The lowest BCUT2D eigenvalue weighted by atomic mass is 9.92. The predicted octanol–water partition coefficient (Wildman–Crippen LogP) is 4.08. The van der Waals surface area contributed by atoms with Crippen LogP contribution in [0, 0.1) is 0 Å². The summed E-state index contributed by atoms with van der Waals surface area (Å²) >= 11 is 3.69. The van der Waals surface area contributed by atoms with Crippen LogP contribution >= 0.6 is 15.9 Å². The van der Waals surface area contributed by atoms with Crippen LogP contribution in [0.15, 0.2) is 40.9 Å². The van der Waals surface area contributed by atoms with Crippen molar-refractivity contribution in [3.63, 3.8) is 0 Å². The minimum Gasteiger partial charge on any atom is -0.302 e. The lowest BCUT2D eigenvalue weighted by Crippen LogP contribution is -2.23. The fraction of sp³-hybridized carbons (Fsp3) is 0.350. The van der Waals surface area contributed by atoms with Crippen LogP contribution in [0.3, 0.4) is 0 Å². The zero-order valence-corrected chi connectivity index (χ0v) is 15.3. The molecule has 0 radical (unpaired) electrons. The van der Waals surface area contributed by atoms with Crippen molar-refractivity contribution < 1.29 is 4.79 Å². The van der Waals surface area contributed by atoms with Gasteiger partial charge >= 0.3 is 0 Å². The molecule has 0 saturated carbocycles. The molecule has 120 valence electrons. The molecule has 4 bridgehead atoms. The summed E-state index contributed by atoms with van der Waals surface area (Å²) in [7, 11) is 3.88. The lowest BCUT2D eigenvalue weighted by molar-refractivity contribution is 0.0957. The SMILES string of the molecule is CN(C)CC(=O)c1cc2ccc1CCc1ccc(cc1Br)CC2. The predicted molar refractivity (Wildman–Crippen MR) is 98.3 cm³/mol. The molecular formula is C20H22BrNO. The molecule has 0 amide bonds. The first kappa shape index (κ1) is 16.4. The van der Waals surface area contributed by atoms with E-state index in [1.54, 1.807) is 0 Å². The summed E-state index contributed by atoms with van der Waals surface area (Å²) in [4.78, 5) is 14.6. The fourth-order valence-electron chi connectivity index (χ4n) is 3.14. The minimum atomic E-state index is 0.219. The summed E-state index contributed by atoms with van der Waals surface area (Å²) in [6.45, 7) is 0.466. The maximum atomic E-state index is 12.6. The van der Waals surface area contributed by atoms with E-state index in [2.05, 4.69) is 52.3 Å². The number of ketones is 1. The number of aryl methyl sites for hydroxylation is 4.